The predicted octanol–water partition coefficient (Wildman–Crippen LogP) is 6.47. The molecule has 0 spiro atoms. The van der Waals surface area contributed by atoms with Crippen molar-refractivity contribution in [3.8, 4) is 11.3 Å². The quantitative estimate of drug-likeness (QED) is 0.164. The molecule has 0 bridgehead atoms. The van der Waals surface area contributed by atoms with Gasteiger partial charge in [0, 0.05) is 63.5 Å². The average molecular weight is 533 g/mol. The molecule has 0 aliphatic carbocycles. The fourth-order valence-electron chi connectivity index (χ4n) is 4.23. The fourth-order valence-corrected chi connectivity index (χ4v) is 5.27. The topological polar surface area (TPSA) is 128 Å². The first kappa shape index (κ1) is 24.3. The summed E-state index contributed by atoms with van der Waals surface area (Å²) in [5, 5.41) is 28.5. The lowest BCUT2D eigenvalue weighted by Crippen LogP contribution is -2.19. The molecule has 1 aliphatic heterocycles. The van der Waals surface area contributed by atoms with Gasteiger partial charge in [-0.25, -0.2) is 4.98 Å². The van der Waals surface area contributed by atoms with E-state index < -0.39 is 21.8 Å². The molecule has 1 N–H and O–H groups in total. The van der Waals surface area contributed by atoms with E-state index in [4.69, 9.17) is 16.6 Å². The third kappa shape index (κ3) is 4.84. The number of nitro benzene ring substituents is 2. The molecule has 5 rings (SSSR count). The van der Waals surface area contributed by atoms with Gasteiger partial charge in [-0.3, -0.25) is 25.0 Å². The van der Waals surface area contributed by atoms with Crippen LogP contribution in [0.25, 0.3) is 11.3 Å². The molecule has 0 saturated carbocycles. The number of nitro groups is 2. The number of halogens is 1. The number of hydrogen-bond donors (Lipinski definition) is 1. The van der Waals surface area contributed by atoms with Crippen molar-refractivity contribution in [2.24, 2.45) is 0 Å². The molecule has 0 fully saturated rings. The fraction of sp³-hybridized carbons (Fsp3) is 0.0769. The minimum atomic E-state index is -0.471. The van der Waals surface area contributed by atoms with Crippen LogP contribution >= 0.6 is 22.9 Å². The average Bonchev–Trinajstić information content (AvgIpc) is 3.56. The molecule has 2 heterocycles. The van der Waals surface area contributed by atoms with Crippen molar-refractivity contribution in [3.63, 3.8) is 0 Å². The minimum Gasteiger partial charge on any atom is -0.381 e. The molecule has 4 aromatic rings. The van der Waals surface area contributed by atoms with Gasteiger partial charge in [-0.2, -0.15) is 0 Å². The molecule has 0 amide bonds. The Morgan fingerprint density at radius 3 is 2.08 bits per heavy atom. The van der Waals surface area contributed by atoms with Crippen LogP contribution in [0, 0.1) is 20.2 Å². The monoisotopic (exact) mass is 532 g/mol. The maximum Gasteiger partial charge on any atom is 0.269 e. The van der Waals surface area contributed by atoms with Gasteiger partial charge in [-0.15, -0.1) is 11.3 Å². The van der Waals surface area contributed by atoms with E-state index in [9.17, 15) is 25.0 Å². The van der Waals surface area contributed by atoms with Gasteiger partial charge in [0.2, 0.25) is 0 Å². The summed E-state index contributed by atoms with van der Waals surface area (Å²) in [6.07, 6.45) is 1.67. The predicted molar refractivity (Wildman–Crippen MR) is 140 cm³/mol. The van der Waals surface area contributed by atoms with Crippen molar-refractivity contribution in [3.05, 3.63) is 131 Å². The molecule has 184 valence electrons. The van der Waals surface area contributed by atoms with Gasteiger partial charge in [0.05, 0.1) is 21.6 Å². The molecule has 2 atom stereocenters. The normalized spacial score (nSPS) is 16.6. The summed E-state index contributed by atoms with van der Waals surface area (Å²) in [6, 6.07) is 18.5. The molecule has 1 aromatic heterocycles. The first-order chi connectivity index (χ1) is 17.8. The Morgan fingerprint density at radius 1 is 0.892 bits per heavy atom. The molecule has 37 heavy (non-hydrogen) atoms. The summed E-state index contributed by atoms with van der Waals surface area (Å²) in [7, 11) is 0. The molecular formula is C26H17ClN4O5S. The maximum absolute atomic E-state index is 13.5. The summed E-state index contributed by atoms with van der Waals surface area (Å²) >= 11 is 7.38. The number of aromatic nitrogens is 1. The zero-order valence-corrected chi connectivity index (χ0v) is 20.5. The van der Waals surface area contributed by atoms with E-state index in [1.165, 1.54) is 35.6 Å². The van der Waals surface area contributed by atoms with Crippen LogP contribution in [0.1, 0.15) is 32.9 Å². The summed E-state index contributed by atoms with van der Waals surface area (Å²) < 4.78 is 0. The van der Waals surface area contributed by atoms with E-state index in [0.29, 0.717) is 26.9 Å². The minimum absolute atomic E-state index is 0.00977. The molecule has 9 nitrogen and oxygen atoms in total. The Hall–Kier alpha value is -4.41. The van der Waals surface area contributed by atoms with Crippen LogP contribution in [-0.2, 0) is 0 Å². The van der Waals surface area contributed by atoms with Gasteiger partial charge in [0.15, 0.2) is 5.78 Å². The van der Waals surface area contributed by atoms with Crippen molar-refractivity contribution in [2.75, 3.05) is 0 Å². The number of carbonyl (C=O) groups is 1. The molecule has 11 heteroatoms. The van der Waals surface area contributed by atoms with Crippen molar-refractivity contribution in [1.82, 2.24) is 10.3 Å². The Bertz CT molecular complexity index is 1530. The van der Waals surface area contributed by atoms with Gasteiger partial charge >= 0.3 is 0 Å². The van der Waals surface area contributed by atoms with Gasteiger partial charge in [0.25, 0.3) is 11.4 Å². The summed E-state index contributed by atoms with van der Waals surface area (Å²) in [5.74, 6) is -0.651. The lowest BCUT2D eigenvalue weighted by Gasteiger charge is -2.21. The molecule has 0 saturated heterocycles. The van der Waals surface area contributed by atoms with Crippen LogP contribution in [0.4, 0.5) is 11.4 Å². The van der Waals surface area contributed by atoms with Crippen LogP contribution in [-0.4, -0.2) is 20.6 Å². The molecule has 0 radical (unpaired) electrons. The number of nitrogens with zero attached hydrogens (tertiary/aromatic N) is 3. The van der Waals surface area contributed by atoms with Crippen molar-refractivity contribution in [2.45, 2.75) is 12.0 Å². The molecule has 2 unspecified atom stereocenters. The van der Waals surface area contributed by atoms with E-state index in [-0.39, 0.29) is 17.2 Å². The first-order valence-electron chi connectivity index (χ1n) is 11.0. The van der Waals surface area contributed by atoms with E-state index in [1.54, 1.807) is 54.7 Å². The number of carbonyl (C=O) groups excluding carboxylic acids is 1. The van der Waals surface area contributed by atoms with Crippen molar-refractivity contribution in [1.29, 1.82) is 0 Å². The summed E-state index contributed by atoms with van der Waals surface area (Å²) in [4.78, 5) is 39.4. The van der Waals surface area contributed by atoms with E-state index >= 15 is 0 Å². The summed E-state index contributed by atoms with van der Waals surface area (Å²) in [5.41, 5.74) is 3.00. The van der Waals surface area contributed by atoms with E-state index in [2.05, 4.69) is 5.32 Å². The lowest BCUT2D eigenvalue weighted by molar-refractivity contribution is -0.385. The zero-order valence-electron chi connectivity index (χ0n) is 18.9. The highest BCUT2D eigenvalue weighted by Gasteiger charge is 2.38. The number of ketones is 1. The van der Waals surface area contributed by atoms with Gasteiger partial charge in [-0.05, 0) is 42.0 Å². The number of thiazole rings is 1. The second-order valence-corrected chi connectivity index (χ2v) is 9.61. The van der Waals surface area contributed by atoms with Crippen LogP contribution in [0.5, 0.6) is 0 Å². The SMILES string of the molecule is O=C(C1=CNC(c2nc(-c3ccc([N+](=O)[O-])cc3)cs2)C1c1ccc([N+](=O)[O-])cc1)c1ccc(Cl)cc1. The lowest BCUT2D eigenvalue weighted by atomic mass is 9.84. The van der Waals surface area contributed by atoms with Crippen molar-refractivity contribution < 1.29 is 14.6 Å². The van der Waals surface area contributed by atoms with Gasteiger partial charge in [0.1, 0.15) is 5.01 Å². The Kier molecular flexibility index (Phi) is 6.51. The number of rotatable bonds is 7. The zero-order chi connectivity index (χ0) is 26.1. The number of non-ortho nitro benzene ring substituents is 2. The second kappa shape index (κ2) is 9.92. The Morgan fingerprint density at radius 2 is 1.49 bits per heavy atom. The van der Waals surface area contributed by atoms with Crippen LogP contribution in [0.15, 0.2) is 89.9 Å². The standard InChI is InChI=1S/C26H17ClN4O5S/c27-18-7-1-17(2-8-18)25(32)21-13-28-24(23(21)16-5-11-20(12-6-16)31(35)36)26-29-22(14-37-26)15-3-9-19(10-4-15)30(33)34/h1-14,23-24,28H. The largest absolute Gasteiger partial charge is 0.381 e. The maximum atomic E-state index is 13.5. The number of benzene rings is 3. The molecule has 3 aromatic carbocycles. The van der Waals surface area contributed by atoms with Crippen LogP contribution in [0.2, 0.25) is 5.02 Å². The Labute approximate surface area is 219 Å². The molecule has 1 aliphatic rings. The van der Waals surface area contributed by atoms with E-state index in [0.717, 1.165) is 11.1 Å². The highest BCUT2D eigenvalue weighted by molar-refractivity contribution is 7.10. The second-order valence-electron chi connectivity index (χ2n) is 8.28. The number of hydrogen-bond acceptors (Lipinski definition) is 8. The summed E-state index contributed by atoms with van der Waals surface area (Å²) in [6.45, 7) is 0. The number of Topliss-reactive ketones (excluding diaryl/α,β-unsaturated/α-hetero) is 1. The number of nitrogens with one attached hydrogen (secondary N) is 1. The van der Waals surface area contributed by atoms with E-state index in [1.807, 2.05) is 5.38 Å². The third-order valence-corrected chi connectivity index (χ3v) is 7.26. The van der Waals surface area contributed by atoms with Gasteiger partial charge in [-0.1, -0.05) is 23.7 Å². The third-order valence-electron chi connectivity index (χ3n) is 6.08. The van der Waals surface area contributed by atoms with Gasteiger partial charge < -0.3 is 5.32 Å². The first-order valence-corrected chi connectivity index (χ1v) is 12.3. The molecular weight excluding hydrogens is 516 g/mol. The Balaban J connectivity index is 1.50. The van der Waals surface area contributed by atoms with Crippen molar-refractivity contribution >= 4 is 40.1 Å². The smallest absolute Gasteiger partial charge is 0.269 e. The highest BCUT2D eigenvalue weighted by Crippen LogP contribution is 2.44. The van der Waals surface area contributed by atoms with Crippen LogP contribution < -0.4 is 5.32 Å². The highest BCUT2D eigenvalue weighted by atomic mass is 35.5. The van der Waals surface area contributed by atoms with Crippen LogP contribution in [0.3, 0.4) is 0 Å².